The van der Waals surface area contributed by atoms with Gasteiger partial charge in [-0.05, 0) is 209 Å². The van der Waals surface area contributed by atoms with Gasteiger partial charge in [0.1, 0.15) is 41.0 Å². The molecular weight excluding hydrogens is 1110 g/mol. The second kappa shape index (κ2) is 31.7. The molecule has 0 heterocycles. The number of nitrogens with one attached hydrogen (secondary N) is 2. The maximum absolute atomic E-state index is 13.9. The number of aryl methyl sites for hydroxylation is 5. The first-order valence-electron chi connectivity index (χ1n) is 27.3. The van der Waals surface area contributed by atoms with E-state index < -0.39 is 52.0 Å². The number of hydrogen-bond donors (Lipinski definition) is 4. The number of rotatable bonds is 27. The molecule has 4 N–H and O–H groups in total. The van der Waals surface area contributed by atoms with E-state index in [4.69, 9.17) is 32.7 Å². The van der Waals surface area contributed by atoms with Crippen molar-refractivity contribution < 1.29 is 75.2 Å². The van der Waals surface area contributed by atoms with Crippen LogP contribution in [-0.2, 0) is 78.8 Å². The van der Waals surface area contributed by atoms with Crippen molar-refractivity contribution in [3.05, 3.63) is 193 Å². The Kier molecular flexibility index (Phi) is 25.5. The van der Waals surface area contributed by atoms with Crippen LogP contribution in [0.25, 0.3) is 0 Å². The van der Waals surface area contributed by atoms with Gasteiger partial charge in [0, 0.05) is 20.0 Å². The first-order valence-corrected chi connectivity index (χ1v) is 31.0. The highest BCUT2D eigenvalue weighted by molar-refractivity contribution is 7.59. The zero-order valence-corrected chi connectivity index (χ0v) is 50.9. The second-order valence-corrected chi connectivity index (χ2v) is 25.0. The first kappa shape index (κ1) is 66.9. The maximum atomic E-state index is 13.9. The van der Waals surface area contributed by atoms with Gasteiger partial charge in [-0.1, -0.05) is 60.7 Å². The van der Waals surface area contributed by atoms with Crippen molar-refractivity contribution in [2.75, 3.05) is 39.6 Å². The van der Waals surface area contributed by atoms with Gasteiger partial charge in [0.05, 0.1) is 25.5 Å². The third kappa shape index (κ3) is 21.3. The molecule has 0 spiro atoms. The highest BCUT2D eigenvalue weighted by Crippen LogP contribution is 2.48. The molecule has 0 amide bonds. The third-order valence-electron chi connectivity index (χ3n) is 13.3. The normalized spacial score (nSPS) is 13.4. The van der Waals surface area contributed by atoms with E-state index in [-0.39, 0.29) is 55.0 Å². The predicted molar refractivity (Wildman–Crippen MR) is 315 cm³/mol. The van der Waals surface area contributed by atoms with Crippen molar-refractivity contribution in [1.29, 1.82) is 0 Å². The standard InChI is InChI=1S/C33H42FN2O7P.C30H36FO7P/c1-7-41-32(38)23(5)35-44(40,36-24(6)33(39)42-8-2)20-43-29-15-21(3)30(22(4)16-29)19-26-11-14-31(37)27(18-26)17-25-9-12-28(34)13-10-25;1-20(2)38-30(33)36-19-37-39(34,35-5)13-12-25-14-21(3)28(22(4)15-25)18-24-8-11-29(32)26(17-24)16-23-6-9-27(31)10-7-23/h9-16,18,23-24,37H,7-8,17,19-20H2,1-6H3,(H2,35,36,40);6-11,14-15,17,20,32H,12-13,16,18-19H2,1-5H3/t23-,24+,44?;. The van der Waals surface area contributed by atoms with Crippen LogP contribution in [0.2, 0.25) is 0 Å². The number of hydrogen-bond acceptors (Lipinski definition) is 14. The minimum absolute atomic E-state index is 0.120. The van der Waals surface area contributed by atoms with Crippen LogP contribution in [0.3, 0.4) is 0 Å². The molecule has 0 saturated heterocycles. The Morgan fingerprint density at radius 2 is 0.988 bits per heavy atom. The molecule has 83 heavy (non-hydrogen) atoms. The molecule has 6 rings (SSSR count). The maximum Gasteiger partial charge on any atom is 0.510 e. The number of carbonyl (C=O) groups excluding carboxylic acids is 3. The fourth-order valence-corrected chi connectivity index (χ4v) is 12.2. The van der Waals surface area contributed by atoms with Crippen LogP contribution in [0, 0.1) is 39.3 Å². The molecule has 6 aromatic rings. The SMILES string of the molecule is CCOC(=O)[C@H](C)NP(=O)(COc1cc(C)c(Cc2ccc(O)c(Cc3ccc(F)cc3)c2)c(C)c1)N[C@H](C)C(=O)OCC.COP(=O)(CCc1cc(C)c(Cc2ccc(O)c(Cc3ccc(F)cc3)c2)c(C)c1)OCOC(=O)OC(C)C. The van der Waals surface area contributed by atoms with Crippen molar-refractivity contribution in [2.45, 2.75) is 120 Å². The van der Waals surface area contributed by atoms with Gasteiger partial charge in [-0.2, -0.15) is 0 Å². The summed E-state index contributed by atoms with van der Waals surface area (Å²) in [5.74, 6) is -0.897. The molecule has 4 atom stereocenters. The Balaban J connectivity index is 0.000000306. The predicted octanol–water partition coefficient (Wildman–Crippen LogP) is 13.2. The summed E-state index contributed by atoms with van der Waals surface area (Å²) in [6, 6.07) is 29.5. The molecule has 16 nitrogen and oxygen atoms in total. The van der Waals surface area contributed by atoms with Crippen LogP contribution in [0.15, 0.2) is 109 Å². The summed E-state index contributed by atoms with van der Waals surface area (Å²) in [4.78, 5) is 36.0. The Hall–Kier alpha value is -6.91. The van der Waals surface area contributed by atoms with E-state index in [2.05, 4.69) is 22.3 Å². The van der Waals surface area contributed by atoms with Gasteiger partial charge < -0.3 is 38.4 Å². The highest BCUT2D eigenvalue weighted by Gasteiger charge is 2.33. The summed E-state index contributed by atoms with van der Waals surface area (Å²) in [5, 5.41) is 26.4. The quantitative estimate of drug-likeness (QED) is 0.0163. The lowest BCUT2D eigenvalue weighted by molar-refractivity contribution is -0.145. The number of carbonyl (C=O) groups is 3. The molecule has 448 valence electrons. The van der Waals surface area contributed by atoms with Crippen LogP contribution >= 0.6 is 15.0 Å². The molecule has 0 aliphatic carbocycles. The van der Waals surface area contributed by atoms with Gasteiger partial charge in [0.15, 0.2) is 6.35 Å². The van der Waals surface area contributed by atoms with Gasteiger partial charge in [-0.25, -0.2) is 23.7 Å². The van der Waals surface area contributed by atoms with Gasteiger partial charge in [0.2, 0.25) is 14.2 Å². The fraction of sp³-hybridized carbons (Fsp3) is 0.381. The number of aromatic hydroxyl groups is 2. The van der Waals surface area contributed by atoms with E-state index in [0.717, 1.165) is 66.8 Å². The van der Waals surface area contributed by atoms with E-state index in [1.54, 1.807) is 64.1 Å². The van der Waals surface area contributed by atoms with E-state index in [1.807, 2.05) is 64.1 Å². The van der Waals surface area contributed by atoms with Gasteiger partial charge >= 0.3 is 25.7 Å². The molecule has 0 bridgehead atoms. The average Bonchev–Trinajstić information content (AvgIpc) is 3.64. The van der Waals surface area contributed by atoms with Gasteiger partial charge in [-0.3, -0.25) is 23.2 Å². The van der Waals surface area contributed by atoms with E-state index in [9.17, 15) is 42.5 Å². The monoisotopic (exact) mass is 1190 g/mol. The molecule has 0 aliphatic rings. The summed E-state index contributed by atoms with van der Waals surface area (Å²) in [5.41, 5.74) is 12.7. The molecule has 20 heteroatoms. The molecule has 0 radical (unpaired) electrons. The van der Waals surface area contributed by atoms with Crippen LogP contribution < -0.4 is 14.9 Å². The Labute approximate surface area is 486 Å². The Morgan fingerprint density at radius 3 is 1.40 bits per heavy atom. The topological polar surface area (TPSA) is 214 Å². The van der Waals surface area contributed by atoms with Crippen LogP contribution in [-0.4, -0.2) is 86.1 Å². The number of halogens is 2. The lowest BCUT2D eigenvalue weighted by Crippen LogP contribution is -2.43. The third-order valence-corrected chi connectivity index (χ3v) is 17.2. The van der Waals surface area contributed by atoms with Crippen LogP contribution in [0.1, 0.15) is 114 Å². The lowest BCUT2D eigenvalue weighted by atomic mass is 9.92. The first-order chi connectivity index (χ1) is 39.3. The van der Waals surface area contributed by atoms with Gasteiger partial charge in [0.25, 0.3) is 0 Å². The van der Waals surface area contributed by atoms with E-state index in [1.165, 1.54) is 50.8 Å². The summed E-state index contributed by atoms with van der Waals surface area (Å²) >= 11 is 0. The number of phenols is 2. The summed E-state index contributed by atoms with van der Waals surface area (Å²) in [6.45, 7) is 17.6. The largest absolute Gasteiger partial charge is 0.510 e. The van der Waals surface area contributed by atoms with E-state index >= 15 is 0 Å². The van der Waals surface area contributed by atoms with Gasteiger partial charge in [-0.15, -0.1) is 0 Å². The minimum atomic E-state index is -3.66. The minimum Gasteiger partial charge on any atom is -0.508 e. The fourth-order valence-electron chi connectivity index (χ4n) is 9.05. The Bertz CT molecular complexity index is 3170. The molecule has 0 saturated carbocycles. The zero-order valence-electron chi connectivity index (χ0n) is 49.1. The number of phenolic OH excluding ortho intramolecular Hbond substituents is 2. The van der Waals surface area contributed by atoms with Crippen molar-refractivity contribution in [3.8, 4) is 17.2 Å². The van der Waals surface area contributed by atoms with Crippen molar-refractivity contribution >= 4 is 33.1 Å². The summed E-state index contributed by atoms with van der Waals surface area (Å²) in [6.07, 6.45) is 1.24. The molecule has 2 unspecified atom stereocenters. The number of ether oxygens (including phenoxy) is 5. The average molecular weight is 1190 g/mol. The molecule has 0 aromatic heterocycles. The van der Waals surface area contributed by atoms with Crippen molar-refractivity contribution in [3.63, 3.8) is 0 Å². The van der Waals surface area contributed by atoms with Crippen LogP contribution in [0.4, 0.5) is 13.6 Å². The number of esters is 2. The molecule has 0 aliphatic heterocycles. The van der Waals surface area contributed by atoms with Crippen molar-refractivity contribution in [2.24, 2.45) is 0 Å². The lowest BCUT2D eigenvalue weighted by Gasteiger charge is -2.26. The molecule has 0 fully saturated rings. The molecular formula is C63H78F2N2O14P2. The number of benzene rings is 6. The zero-order chi connectivity index (χ0) is 61.0. The molecule has 6 aromatic carbocycles. The summed E-state index contributed by atoms with van der Waals surface area (Å²) < 4.78 is 89.5. The van der Waals surface area contributed by atoms with E-state index in [0.29, 0.717) is 37.9 Å². The highest BCUT2D eigenvalue weighted by atomic mass is 31.2. The Morgan fingerprint density at radius 1 is 0.566 bits per heavy atom. The summed E-state index contributed by atoms with van der Waals surface area (Å²) in [7, 11) is -5.83. The smallest absolute Gasteiger partial charge is 0.508 e. The second-order valence-electron chi connectivity index (χ2n) is 20.4. The van der Waals surface area contributed by atoms with Crippen molar-refractivity contribution in [1.82, 2.24) is 10.2 Å². The van der Waals surface area contributed by atoms with Crippen LogP contribution in [0.5, 0.6) is 17.2 Å².